The van der Waals surface area contributed by atoms with E-state index in [1.54, 1.807) is 10.6 Å². The van der Waals surface area contributed by atoms with Gasteiger partial charge in [0.2, 0.25) is 0 Å². The number of alkyl halides is 3. The Balaban J connectivity index is 2.29. The van der Waals surface area contributed by atoms with Crippen LogP contribution in [0.2, 0.25) is 0 Å². The number of nitrogens with one attached hydrogen (secondary N) is 1. The van der Waals surface area contributed by atoms with Gasteiger partial charge in [-0.3, -0.25) is 0 Å². The minimum absolute atomic E-state index is 0.0819. The molecule has 2 aromatic rings. The summed E-state index contributed by atoms with van der Waals surface area (Å²) < 4.78 is 41.2. The lowest BCUT2D eigenvalue weighted by Gasteiger charge is -2.26. The highest BCUT2D eigenvalue weighted by atomic mass is 19.4. The highest BCUT2D eigenvalue weighted by Gasteiger charge is 2.52. The van der Waals surface area contributed by atoms with Crippen LogP contribution in [0.5, 0.6) is 0 Å². The van der Waals surface area contributed by atoms with Crippen LogP contribution >= 0.6 is 0 Å². The van der Waals surface area contributed by atoms with Crippen LogP contribution in [0.4, 0.5) is 13.2 Å². The number of nitrogens with zero attached hydrogens (tertiary/aromatic N) is 1. The number of aryl methyl sites for hydroxylation is 1. The number of benzene rings is 1. The second-order valence-corrected chi connectivity index (χ2v) is 5.64. The van der Waals surface area contributed by atoms with Crippen LogP contribution in [-0.4, -0.2) is 15.8 Å². The summed E-state index contributed by atoms with van der Waals surface area (Å²) in [5, 5.41) is 13.7. The van der Waals surface area contributed by atoms with E-state index in [-0.39, 0.29) is 5.56 Å². The molecule has 0 saturated carbocycles. The van der Waals surface area contributed by atoms with Crippen LogP contribution in [0.15, 0.2) is 18.3 Å². The second-order valence-electron chi connectivity index (χ2n) is 5.64. The van der Waals surface area contributed by atoms with E-state index < -0.39 is 11.8 Å². The molecule has 1 unspecified atom stereocenters. The lowest BCUT2D eigenvalue weighted by atomic mass is 9.93. The largest absolute Gasteiger partial charge is 0.421 e. The van der Waals surface area contributed by atoms with Gasteiger partial charge in [0.05, 0.1) is 0 Å². The first-order chi connectivity index (χ1) is 9.75. The van der Waals surface area contributed by atoms with Crippen LogP contribution < -0.4 is 5.32 Å². The molecule has 3 nitrogen and oxygen atoms in total. The van der Waals surface area contributed by atoms with Gasteiger partial charge in [0, 0.05) is 42.3 Å². The van der Waals surface area contributed by atoms with E-state index >= 15 is 0 Å². The molecule has 0 aliphatic carbocycles. The summed E-state index contributed by atoms with van der Waals surface area (Å²) in [6, 6.07) is 3.69. The van der Waals surface area contributed by atoms with Crippen molar-refractivity contribution in [2.24, 2.45) is 0 Å². The summed E-state index contributed by atoms with van der Waals surface area (Å²) >= 11 is 0. The van der Waals surface area contributed by atoms with Gasteiger partial charge in [-0.1, -0.05) is 0 Å². The molecular weight excluding hydrogens is 281 g/mol. The lowest BCUT2D eigenvalue weighted by Crippen LogP contribution is -2.39. The number of fused-ring (bicyclic) bond motifs is 2. The highest BCUT2D eigenvalue weighted by molar-refractivity contribution is 5.87. The molecule has 3 rings (SSSR count). The Bertz CT molecular complexity index is 701. The zero-order valence-electron chi connectivity index (χ0n) is 11.9. The molecule has 0 spiro atoms. The van der Waals surface area contributed by atoms with Gasteiger partial charge in [0.15, 0.2) is 5.60 Å². The van der Waals surface area contributed by atoms with Crippen molar-refractivity contribution in [3.8, 4) is 0 Å². The molecule has 114 valence electrons. The molecule has 2 N–H and O–H groups in total. The number of hydrogen-bond donors (Lipinski definition) is 2. The van der Waals surface area contributed by atoms with Crippen molar-refractivity contribution in [2.45, 2.75) is 45.3 Å². The summed E-state index contributed by atoms with van der Waals surface area (Å²) in [5.74, 6) is 0. The third-order valence-electron chi connectivity index (χ3n) is 4.25. The number of hydrogen-bond acceptors (Lipinski definition) is 2. The molecule has 0 radical (unpaired) electrons. The molecule has 6 heteroatoms. The van der Waals surface area contributed by atoms with E-state index in [0.717, 1.165) is 30.1 Å². The van der Waals surface area contributed by atoms with Crippen LogP contribution in [0.1, 0.15) is 30.5 Å². The van der Waals surface area contributed by atoms with Crippen LogP contribution in [0, 0.1) is 0 Å². The average molecular weight is 298 g/mol. The molecular formula is C15H17F3N2O. The molecule has 1 aliphatic heterocycles. The van der Waals surface area contributed by atoms with E-state index in [1.807, 2.05) is 13.0 Å². The first kappa shape index (κ1) is 14.4. The standard InChI is InChI=1S/C15H17F3N2O/c1-3-20-8-12(14(2,21)15(16,17)18)11-4-9-6-19-7-10(9)5-13(11)20/h4-5,8,19,21H,3,6-7H2,1-2H3. The van der Waals surface area contributed by atoms with Crippen LogP contribution in [0.3, 0.4) is 0 Å². The van der Waals surface area contributed by atoms with E-state index in [9.17, 15) is 18.3 Å². The minimum atomic E-state index is -4.71. The van der Waals surface area contributed by atoms with Gasteiger partial charge in [0.25, 0.3) is 0 Å². The molecule has 0 bridgehead atoms. The van der Waals surface area contributed by atoms with Gasteiger partial charge >= 0.3 is 6.18 Å². The van der Waals surface area contributed by atoms with Crippen LogP contribution in [-0.2, 0) is 25.2 Å². The molecule has 2 heterocycles. The van der Waals surface area contributed by atoms with Crippen molar-refractivity contribution < 1.29 is 18.3 Å². The summed E-state index contributed by atoms with van der Waals surface area (Å²) in [7, 11) is 0. The number of halogens is 3. The lowest BCUT2D eigenvalue weighted by molar-refractivity contribution is -0.258. The zero-order chi connectivity index (χ0) is 15.4. The quantitative estimate of drug-likeness (QED) is 0.894. The monoisotopic (exact) mass is 298 g/mol. The summed E-state index contributed by atoms with van der Waals surface area (Å²) in [6.07, 6.45) is -3.29. The Morgan fingerprint density at radius 3 is 2.43 bits per heavy atom. The van der Waals surface area contributed by atoms with Gasteiger partial charge in [0.1, 0.15) is 0 Å². The fraction of sp³-hybridized carbons (Fsp3) is 0.467. The molecule has 21 heavy (non-hydrogen) atoms. The fourth-order valence-corrected chi connectivity index (χ4v) is 2.89. The maximum atomic E-state index is 13.2. The van der Waals surface area contributed by atoms with Crippen molar-refractivity contribution in [1.29, 1.82) is 0 Å². The molecule has 1 aliphatic rings. The first-order valence-corrected chi connectivity index (χ1v) is 6.90. The average Bonchev–Trinajstić information content (AvgIpc) is 2.97. The van der Waals surface area contributed by atoms with Gasteiger partial charge in [-0.25, -0.2) is 0 Å². The van der Waals surface area contributed by atoms with Crippen molar-refractivity contribution in [2.75, 3.05) is 0 Å². The molecule has 0 amide bonds. The summed E-state index contributed by atoms with van der Waals surface area (Å²) in [6.45, 7) is 4.61. The Hall–Kier alpha value is -1.53. The topological polar surface area (TPSA) is 37.2 Å². The second kappa shape index (κ2) is 4.48. The van der Waals surface area contributed by atoms with E-state index in [0.29, 0.717) is 18.5 Å². The normalized spacial score (nSPS) is 18.0. The minimum Gasteiger partial charge on any atom is -0.376 e. The van der Waals surface area contributed by atoms with Crippen molar-refractivity contribution in [3.63, 3.8) is 0 Å². The summed E-state index contributed by atoms with van der Waals surface area (Å²) in [4.78, 5) is 0. The third-order valence-corrected chi connectivity index (χ3v) is 4.25. The van der Waals surface area contributed by atoms with E-state index in [2.05, 4.69) is 5.32 Å². The number of aromatic nitrogens is 1. The van der Waals surface area contributed by atoms with E-state index in [4.69, 9.17) is 0 Å². The third kappa shape index (κ3) is 2.05. The number of aliphatic hydroxyl groups is 1. The SMILES string of the molecule is CCn1cc(C(C)(O)C(F)(F)F)c2cc3c(cc21)CNC3. The molecule has 1 aromatic heterocycles. The molecule has 1 atom stereocenters. The molecule has 0 saturated heterocycles. The maximum Gasteiger partial charge on any atom is 0.421 e. The molecule has 0 fully saturated rings. The highest BCUT2D eigenvalue weighted by Crippen LogP contribution is 2.42. The van der Waals surface area contributed by atoms with Crippen molar-refractivity contribution in [3.05, 3.63) is 35.0 Å². The predicted molar refractivity (Wildman–Crippen MR) is 73.8 cm³/mol. The Labute approximate surface area is 120 Å². The Morgan fingerprint density at radius 2 is 1.86 bits per heavy atom. The van der Waals surface area contributed by atoms with Crippen molar-refractivity contribution >= 4 is 10.9 Å². The maximum absolute atomic E-state index is 13.2. The Morgan fingerprint density at radius 1 is 1.24 bits per heavy atom. The van der Waals surface area contributed by atoms with Gasteiger partial charge < -0.3 is 15.0 Å². The fourth-order valence-electron chi connectivity index (χ4n) is 2.89. The zero-order valence-corrected chi connectivity index (χ0v) is 11.9. The van der Waals surface area contributed by atoms with Gasteiger partial charge in [-0.2, -0.15) is 13.2 Å². The van der Waals surface area contributed by atoms with Gasteiger partial charge in [-0.05, 0) is 37.1 Å². The number of rotatable bonds is 2. The first-order valence-electron chi connectivity index (χ1n) is 6.90. The molecule has 1 aromatic carbocycles. The predicted octanol–water partition coefficient (Wildman–Crippen LogP) is 3.03. The van der Waals surface area contributed by atoms with Gasteiger partial charge in [-0.15, -0.1) is 0 Å². The van der Waals surface area contributed by atoms with Crippen LogP contribution in [0.25, 0.3) is 10.9 Å². The Kier molecular flexibility index (Phi) is 3.07. The smallest absolute Gasteiger partial charge is 0.376 e. The van der Waals surface area contributed by atoms with E-state index in [1.165, 1.54) is 6.20 Å². The van der Waals surface area contributed by atoms with Crippen molar-refractivity contribution in [1.82, 2.24) is 9.88 Å². The summed E-state index contributed by atoms with van der Waals surface area (Å²) in [5.41, 5.74) is -0.100.